The minimum absolute atomic E-state index is 0.197. The summed E-state index contributed by atoms with van der Waals surface area (Å²) in [5, 5.41) is 0. The van der Waals surface area contributed by atoms with Crippen LogP contribution in [-0.4, -0.2) is 5.78 Å². The van der Waals surface area contributed by atoms with Crippen LogP contribution in [0.5, 0.6) is 0 Å². The largest absolute Gasteiger partial charge is 0.289 e. The smallest absolute Gasteiger partial charge is 0.185 e. The molecule has 0 heterocycles. The number of allylic oxidation sites excluding steroid dienone is 1. The van der Waals surface area contributed by atoms with Gasteiger partial charge in [0.1, 0.15) is 5.82 Å². The summed E-state index contributed by atoms with van der Waals surface area (Å²) in [7, 11) is 0. The zero-order valence-corrected chi connectivity index (χ0v) is 10.1. The third-order valence-electron chi connectivity index (χ3n) is 2.71. The molecule has 2 aromatic rings. The van der Waals surface area contributed by atoms with Crippen molar-refractivity contribution in [3.05, 3.63) is 77.1 Å². The van der Waals surface area contributed by atoms with Gasteiger partial charge >= 0.3 is 0 Å². The first kappa shape index (κ1) is 12.2. The van der Waals surface area contributed by atoms with Crippen LogP contribution < -0.4 is 0 Å². The van der Waals surface area contributed by atoms with E-state index in [1.807, 2.05) is 31.2 Å². The minimum atomic E-state index is -0.398. The average Bonchev–Trinajstić information content (AvgIpc) is 2.37. The van der Waals surface area contributed by atoms with Crippen molar-refractivity contribution in [2.24, 2.45) is 0 Å². The molecule has 0 unspecified atom stereocenters. The third-order valence-corrected chi connectivity index (χ3v) is 2.71. The maximum atomic E-state index is 13.0. The van der Waals surface area contributed by atoms with Crippen LogP contribution >= 0.6 is 0 Å². The summed E-state index contributed by atoms with van der Waals surface area (Å²) < 4.78 is 13.0. The van der Waals surface area contributed by atoms with Gasteiger partial charge in [0.15, 0.2) is 5.78 Å². The topological polar surface area (TPSA) is 17.1 Å². The molecule has 2 rings (SSSR count). The van der Waals surface area contributed by atoms with E-state index in [1.54, 1.807) is 12.1 Å². The molecular formula is C16H13FO. The van der Waals surface area contributed by atoms with Crippen molar-refractivity contribution in [1.29, 1.82) is 0 Å². The number of carbonyl (C=O) groups excluding carboxylic acids is 1. The molecule has 0 aromatic heterocycles. The highest BCUT2D eigenvalue weighted by molar-refractivity contribution is 6.06. The number of carbonyl (C=O) groups is 1. The number of hydrogen-bond donors (Lipinski definition) is 0. The van der Waals surface area contributed by atoms with E-state index in [9.17, 15) is 9.18 Å². The molecule has 0 aliphatic carbocycles. The zero-order valence-electron chi connectivity index (χ0n) is 10.1. The molecule has 0 saturated heterocycles. The molecule has 0 saturated carbocycles. The first-order valence-electron chi connectivity index (χ1n) is 5.70. The van der Waals surface area contributed by atoms with Crippen LogP contribution in [0.2, 0.25) is 0 Å². The molecule has 1 nitrogen and oxygen atoms in total. The van der Waals surface area contributed by atoms with Gasteiger partial charge in [0.05, 0.1) is 0 Å². The summed E-state index contributed by atoms with van der Waals surface area (Å²) in [6, 6.07) is 13.5. The van der Waals surface area contributed by atoms with Crippen molar-refractivity contribution in [1.82, 2.24) is 0 Å². The summed E-state index contributed by atoms with van der Waals surface area (Å²) in [6.45, 7) is 1.98. The highest BCUT2D eigenvalue weighted by Gasteiger charge is 2.02. The van der Waals surface area contributed by atoms with Crippen molar-refractivity contribution in [2.45, 2.75) is 6.92 Å². The fourth-order valence-corrected chi connectivity index (χ4v) is 1.68. The van der Waals surface area contributed by atoms with Crippen molar-refractivity contribution in [2.75, 3.05) is 0 Å². The van der Waals surface area contributed by atoms with Gasteiger partial charge in [-0.2, -0.15) is 0 Å². The second kappa shape index (κ2) is 5.41. The molecule has 0 radical (unpaired) electrons. The molecule has 2 heteroatoms. The number of ketones is 1. The van der Waals surface area contributed by atoms with Crippen LogP contribution in [0.3, 0.4) is 0 Å². The number of halogens is 1. The number of hydrogen-bond acceptors (Lipinski definition) is 1. The normalized spacial score (nSPS) is 10.8. The minimum Gasteiger partial charge on any atom is -0.289 e. The first-order valence-corrected chi connectivity index (χ1v) is 5.70. The van der Waals surface area contributed by atoms with Gasteiger partial charge in [-0.3, -0.25) is 4.79 Å². The standard InChI is InChI=1S/C16H13FO/c1-12-5-2-3-6-13(12)9-10-16(18)14-7-4-8-15(17)11-14/h2-11H,1H3. The Labute approximate surface area is 106 Å². The first-order chi connectivity index (χ1) is 8.66. The van der Waals surface area contributed by atoms with Crippen molar-refractivity contribution < 1.29 is 9.18 Å². The molecule has 0 atom stereocenters. The molecule has 18 heavy (non-hydrogen) atoms. The van der Waals surface area contributed by atoms with Crippen LogP contribution in [0.15, 0.2) is 54.6 Å². The van der Waals surface area contributed by atoms with Crippen molar-refractivity contribution in [3.8, 4) is 0 Å². The second-order valence-corrected chi connectivity index (χ2v) is 4.06. The molecule has 0 aliphatic heterocycles. The zero-order chi connectivity index (χ0) is 13.0. The molecule has 90 valence electrons. The van der Waals surface area contributed by atoms with Gasteiger partial charge in [0.25, 0.3) is 0 Å². The van der Waals surface area contributed by atoms with Gasteiger partial charge in [-0.15, -0.1) is 0 Å². The Bertz CT molecular complexity index is 600. The Hall–Kier alpha value is -2.22. The van der Waals surface area contributed by atoms with Gasteiger partial charge in [-0.1, -0.05) is 42.5 Å². The van der Waals surface area contributed by atoms with E-state index < -0.39 is 5.82 Å². The van der Waals surface area contributed by atoms with Gasteiger partial charge in [-0.05, 0) is 36.3 Å². The monoisotopic (exact) mass is 240 g/mol. The summed E-state index contributed by atoms with van der Waals surface area (Å²) in [5.74, 6) is -0.595. The molecule has 0 bridgehead atoms. The lowest BCUT2D eigenvalue weighted by Crippen LogP contribution is -1.94. The molecular weight excluding hydrogens is 227 g/mol. The van der Waals surface area contributed by atoms with Crippen LogP contribution in [0.1, 0.15) is 21.5 Å². The summed E-state index contributed by atoms with van der Waals surface area (Å²) in [5.41, 5.74) is 2.45. The Kier molecular flexibility index (Phi) is 3.68. The fourth-order valence-electron chi connectivity index (χ4n) is 1.68. The van der Waals surface area contributed by atoms with Crippen molar-refractivity contribution >= 4 is 11.9 Å². The lowest BCUT2D eigenvalue weighted by Gasteiger charge is -1.99. The lowest BCUT2D eigenvalue weighted by atomic mass is 10.1. The van der Waals surface area contributed by atoms with Gasteiger partial charge in [-0.25, -0.2) is 4.39 Å². The molecule has 0 fully saturated rings. The Balaban J connectivity index is 2.20. The predicted molar refractivity (Wildman–Crippen MR) is 70.9 cm³/mol. The van der Waals surface area contributed by atoms with Gasteiger partial charge in [0.2, 0.25) is 0 Å². The molecule has 0 amide bonds. The second-order valence-electron chi connectivity index (χ2n) is 4.06. The maximum Gasteiger partial charge on any atom is 0.185 e. The number of rotatable bonds is 3. The van der Waals surface area contributed by atoms with Crippen LogP contribution in [0.25, 0.3) is 6.08 Å². The van der Waals surface area contributed by atoms with E-state index >= 15 is 0 Å². The molecule has 0 aliphatic rings. The van der Waals surface area contributed by atoms with Crippen molar-refractivity contribution in [3.63, 3.8) is 0 Å². The highest BCUT2D eigenvalue weighted by atomic mass is 19.1. The quantitative estimate of drug-likeness (QED) is 0.584. The summed E-state index contributed by atoms with van der Waals surface area (Å²) in [4.78, 5) is 11.8. The van der Waals surface area contributed by atoms with E-state index in [-0.39, 0.29) is 5.78 Å². The van der Waals surface area contributed by atoms with E-state index in [2.05, 4.69) is 0 Å². The Morgan fingerprint density at radius 1 is 1.11 bits per heavy atom. The fraction of sp³-hybridized carbons (Fsp3) is 0.0625. The Morgan fingerprint density at radius 3 is 2.61 bits per heavy atom. The summed E-state index contributed by atoms with van der Waals surface area (Å²) >= 11 is 0. The average molecular weight is 240 g/mol. The summed E-state index contributed by atoms with van der Waals surface area (Å²) in [6.07, 6.45) is 3.22. The Morgan fingerprint density at radius 2 is 1.89 bits per heavy atom. The number of benzene rings is 2. The van der Waals surface area contributed by atoms with E-state index in [0.717, 1.165) is 11.1 Å². The number of aryl methyl sites for hydroxylation is 1. The van der Waals surface area contributed by atoms with Crippen LogP contribution in [-0.2, 0) is 0 Å². The molecule has 0 N–H and O–H groups in total. The SMILES string of the molecule is Cc1ccccc1C=CC(=O)c1cccc(F)c1. The van der Waals surface area contributed by atoms with E-state index in [4.69, 9.17) is 0 Å². The van der Waals surface area contributed by atoms with E-state index in [0.29, 0.717) is 5.56 Å². The maximum absolute atomic E-state index is 13.0. The van der Waals surface area contributed by atoms with Crippen LogP contribution in [0, 0.1) is 12.7 Å². The highest BCUT2D eigenvalue weighted by Crippen LogP contribution is 2.11. The molecule has 0 spiro atoms. The lowest BCUT2D eigenvalue weighted by molar-refractivity contribution is 0.104. The van der Waals surface area contributed by atoms with Gasteiger partial charge < -0.3 is 0 Å². The third kappa shape index (κ3) is 2.92. The van der Waals surface area contributed by atoms with Crippen LogP contribution in [0.4, 0.5) is 4.39 Å². The predicted octanol–water partition coefficient (Wildman–Crippen LogP) is 4.03. The van der Waals surface area contributed by atoms with E-state index in [1.165, 1.54) is 24.3 Å². The van der Waals surface area contributed by atoms with Gasteiger partial charge in [0, 0.05) is 5.56 Å². The molecule has 2 aromatic carbocycles.